The van der Waals surface area contributed by atoms with Crippen LogP contribution in [0.4, 0.5) is 5.69 Å². The van der Waals surface area contributed by atoms with Crippen molar-refractivity contribution in [2.24, 2.45) is 5.92 Å². The van der Waals surface area contributed by atoms with Crippen molar-refractivity contribution in [1.29, 1.82) is 0 Å². The Hall–Kier alpha value is -2.30. The zero-order chi connectivity index (χ0) is 15.1. The third kappa shape index (κ3) is 4.42. The molecule has 2 N–H and O–H groups in total. The van der Waals surface area contributed by atoms with Gasteiger partial charge < -0.3 is 15.3 Å². The number of nitrogens with zero attached hydrogens (tertiary/aromatic N) is 1. The van der Waals surface area contributed by atoms with Crippen LogP contribution in [0.3, 0.4) is 0 Å². The first-order valence-corrected chi connectivity index (χ1v) is 6.38. The molecule has 20 heavy (non-hydrogen) atoms. The van der Waals surface area contributed by atoms with Gasteiger partial charge in [0.15, 0.2) is 0 Å². The number of carboxylic acids is 1. The number of rotatable bonds is 6. The van der Waals surface area contributed by atoms with E-state index in [1.807, 2.05) is 43.1 Å². The molecule has 1 unspecified atom stereocenters. The Morgan fingerprint density at radius 1 is 1.40 bits per heavy atom. The molecule has 1 aromatic rings. The molecular formula is C15H20N2O3. The second-order valence-electron chi connectivity index (χ2n) is 4.63. The number of para-hydroxylation sites is 1. The summed E-state index contributed by atoms with van der Waals surface area (Å²) in [5.41, 5.74) is 1.70. The lowest BCUT2D eigenvalue weighted by Crippen LogP contribution is -2.34. The number of carbonyl (C=O) groups is 2. The fourth-order valence-electron chi connectivity index (χ4n) is 1.98. The van der Waals surface area contributed by atoms with Gasteiger partial charge in [-0.05, 0) is 17.7 Å². The van der Waals surface area contributed by atoms with E-state index >= 15 is 0 Å². The van der Waals surface area contributed by atoms with Gasteiger partial charge in [0.25, 0.3) is 0 Å². The van der Waals surface area contributed by atoms with E-state index in [9.17, 15) is 9.59 Å². The molecule has 0 aromatic heterocycles. The van der Waals surface area contributed by atoms with E-state index in [0.29, 0.717) is 6.54 Å². The van der Waals surface area contributed by atoms with Crippen molar-refractivity contribution in [3.63, 3.8) is 0 Å². The summed E-state index contributed by atoms with van der Waals surface area (Å²) < 4.78 is 0. The Bertz CT molecular complexity index is 512. The van der Waals surface area contributed by atoms with Crippen LogP contribution in [0.25, 0.3) is 6.08 Å². The normalized spacial score (nSPS) is 12.2. The van der Waals surface area contributed by atoms with Gasteiger partial charge in [-0.1, -0.05) is 25.1 Å². The topological polar surface area (TPSA) is 69.6 Å². The molecule has 0 aliphatic carbocycles. The maximum Gasteiger partial charge on any atom is 0.328 e. The van der Waals surface area contributed by atoms with E-state index in [-0.39, 0.29) is 11.8 Å². The van der Waals surface area contributed by atoms with Gasteiger partial charge in [0.05, 0.1) is 5.92 Å². The zero-order valence-electron chi connectivity index (χ0n) is 12.0. The highest BCUT2D eigenvalue weighted by Crippen LogP contribution is 2.21. The second-order valence-corrected chi connectivity index (χ2v) is 4.63. The minimum Gasteiger partial charge on any atom is -0.478 e. The van der Waals surface area contributed by atoms with Crippen LogP contribution in [-0.4, -0.2) is 37.6 Å². The van der Waals surface area contributed by atoms with Gasteiger partial charge in [0.1, 0.15) is 0 Å². The first kappa shape index (κ1) is 15.8. The monoisotopic (exact) mass is 276 g/mol. The highest BCUT2D eigenvalue weighted by atomic mass is 16.4. The number of benzene rings is 1. The SMILES string of the molecule is CNC(=O)C(C)CN(C)c1ccccc1/C=C/C(=O)O. The summed E-state index contributed by atoms with van der Waals surface area (Å²) >= 11 is 0. The van der Waals surface area contributed by atoms with Crippen LogP contribution in [0.15, 0.2) is 30.3 Å². The number of hydrogen-bond acceptors (Lipinski definition) is 3. The van der Waals surface area contributed by atoms with E-state index < -0.39 is 5.97 Å². The molecule has 0 bridgehead atoms. The molecule has 0 fully saturated rings. The van der Waals surface area contributed by atoms with Gasteiger partial charge in [-0.25, -0.2) is 4.79 Å². The molecule has 0 saturated heterocycles. The molecule has 1 aromatic carbocycles. The Morgan fingerprint density at radius 2 is 2.05 bits per heavy atom. The predicted molar refractivity (Wildman–Crippen MR) is 79.6 cm³/mol. The molecular weight excluding hydrogens is 256 g/mol. The maximum absolute atomic E-state index is 11.5. The maximum atomic E-state index is 11.5. The number of amides is 1. The van der Waals surface area contributed by atoms with E-state index in [1.54, 1.807) is 13.1 Å². The number of aliphatic carboxylic acids is 1. The second kappa shape index (κ2) is 7.33. The molecule has 0 aliphatic heterocycles. The smallest absolute Gasteiger partial charge is 0.328 e. The first-order valence-electron chi connectivity index (χ1n) is 6.38. The van der Waals surface area contributed by atoms with Gasteiger partial charge in [0.2, 0.25) is 5.91 Å². The van der Waals surface area contributed by atoms with Crippen molar-refractivity contribution in [2.45, 2.75) is 6.92 Å². The van der Waals surface area contributed by atoms with E-state index in [0.717, 1.165) is 17.3 Å². The third-order valence-corrected chi connectivity index (χ3v) is 3.00. The molecule has 5 nitrogen and oxygen atoms in total. The molecule has 1 atom stereocenters. The third-order valence-electron chi connectivity index (χ3n) is 3.00. The summed E-state index contributed by atoms with van der Waals surface area (Å²) in [7, 11) is 3.50. The van der Waals surface area contributed by atoms with Crippen molar-refractivity contribution in [3.8, 4) is 0 Å². The van der Waals surface area contributed by atoms with Crippen molar-refractivity contribution in [3.05, 3.63) is 35.9 Å². The van der Waals surface area contributed by atoms with Crippen molar-refractivity contribution in [1.82, 2.24) is 5.32 Å². The summed E-state index contributed by atoms with van der Waals surface area (Å²) in [6.45, 7) is 2.41. The van der Waals surface area contributed by atoms with Crippen LogP contribution in [0.1, 0.15) is 12.5 Å². The lowest BCUT2D eigenvalue weighted by atomic mass is 10.1. The fraction of sp³-hybridized carbons (Fsp3) is 0.333. The average molecular weight is 276 g/mol. The fourth-order valence-corrected chi connectivity index (χ4v) is 1.98. The van der Waals surface area contributed by atoms with Crippen LogP contribution >= 0.6 is 0 Å². The zero-order valence-corrected chi connectivity index (χ0v) is 12.0. The van der Waals surface area contributed by atoms with Crippen molar-refractivity contribution in [2.75, 3.05) is 25.5 Å². The van der Waals surface area contributed by atoms with Crippen LogP contribution in [0, 0.1) is 5.92 Å². The minimum atomic E-state index is -0.985. The number of hydrogen-bond donors (Lipinski definition) is 2. The number of carboxylic acid groups (broad SMARTS) is 1. The first-order chi connectivity index (χ1) is 9.45. The summed E-state index contributed by atoms with van der Waals surface area (Å²) in [6.07, 6.45) is 2.66. The minimum absolute atomic E-state index is 0.0181. The van der Waals surface area contributed by atoms with Crippen molar-refractivity contribution >= 4 is 23.6 Å². The molecule has 0 radical (unpaired) electrons. The highest BCUT2D eigenvalue weighted by Gasteiger charge is 2.15. The van der Waals surface area contributed by atoms with Crippen LogP contribution in [0.2, 0.25) is 0 Å². The summed E-state index contributed by atoms with van der Waals surface area (Å²) in [5, 5.41) is 11.3. The summed E-state index contributed by atoms with van der Waals surface area (Å²) in [5.74, 6) is -1.15. The van der Waals surface area contributed by atoms with Gasteiger partial charge in [0, 0.05) is 32.4 Å². The highest BCUT2D eigenvalue weighted by molar-refractivity contribution is 5.87. The van der Waals surface area contributed by atoms with Gasteiger partial charge in [-0.3, -0.25) is 4.79 Å². The van der Waals surface area contributed by atoms with Crippen molar-refractivity contribution < 1.29 is 14.7 Å². The molecule has 0 heterocycles. The van der Waals surface area contributed by atoms with Gasteiger partial charge >= 0.3 is 5.97 Å². The lowest BCUT2D eigenvalue weighted by molar-refractivity contribution is -0.131. The largest absolute Gasteiger partial charge is 0.478 e. The van der Waals surface area contributed by atoms with Crippen LogP contribution in [0.5, 0.6) is 0 Å². The van der Waals surface area contributed by atoms with Gasteiger partial charge in [-0.15, -0.1) is 0 Å². The lowest BCUT2D eigenvalue weighted by Gasteiger charge is -2.24. The standard InChI is InChI=1S/C15H20N2O3/c1-11(15(20)16-2)10-17(3)13-7-5-4-6-12(13)8-9-14(18)19/h4-9,11H,10H2,1-3H3,(H,16,20)(H,18,19)/b9-8+. The van der Waals surface area contributed by atoms with E-state index in [1.165, 1.54) is 0 Å². The van der Waals surface area contributed by atoms with Gasteiger partial charge in [-0.2, -0.15) is 0 Å². The molecule has 5 heteroatoms. The van der Waals surface area contributed by atoms with E-state index in [4.69, 9.17) is 5.11 Å². The summed E-state index contributed by atoms with van der Waals surface area (Å²) in [6, 6.07) is 7.48. The Kier molecular flexibility index (Phi) is 5.77. The molecule has 0 aliphatic rings. The van der Waals surface area contributed by atoms with E-state index in [2.05, 4.69) is 5.32 Å². The molecule has 1 amide bonds. The predicted octanol–water partition coefficient (Wildman–Crippen LogP) is 1.60. The molecule has 0 saturated carbocycles. The Morgan fingerprint density at radius 3 is 2.65 bits per heavy atom. The quantitative estimate of drug-likeness (QED) is 0.774. The number of nitrogens with one attached hydrogen (secondary N) is 1. The molecule has 0 spiro atoms. The van der Waals surface area contributed by atoms with Crippen LogP contribution in [-0.2, 0) is 9.59 Å². The van der Waals surface area contributed by atoms with Crippen LogP contribution < -0.4 is 10.2 Å². The Labute approximate surface area is 118 Å². The Balaban J connectivity index is 2.90. The number of anilines is 1. The molecule has 1 rings (SSSR count). The average Bonchev–Trinajstić information content (AvgIpc) is 2.44. The summed E-state index contributed by atoms with van der Waals surface area (Å²) in [4.78, 5) is 24.1. The number of carbonyl (C=O) groups excluding carboxylic acids is 1. The molecule has 108 valence electrons.